The molecule has 8 aromatic rings. The number of benzene rings is 8. The molecule has 0 spiro atoms. The van der Waals surface area contributed by atoms with Crippen molar-refractivity contribution in [2.75, 3.05) is 4.90 Å². The molecule has 1 nitrogen and oxygen atoms in total. The Balaban J connectivity index is 1.24. The first-order valence-corrected chi connectivity index (χ1v) is 18.2. The zero-order valence-corrected chi connectivity index (χ0v) is 29.3. The third-order valence-corrected chi connectivity index (χ3v) is 11.6. The van der Waals surface area contributed by atoms with Gasteiger partial charge >= 0.3 is 0 Å². The number of anilines is 2. The van der Waals surface area contributed by atoms with Crippen LogP contribution < -0.4 is 4.90 Å². The average molecular weight is 654 g/mol. The van der Waals surface area contributed by atoms with Gasteiger partial charge in [0.1, 0.15) is 0 Å². The van der Waals surface area contributed by atoms with Crippen LogP contribution in [0, 0.1) is 5.92 Å². The fourth-order valence-corrected chi connectivity index (χ4v) is 9.03. The van der Waals surface area contributed by atoms with Crippen LogP contribution in [0.1, 0.15) is 43.9 Å². The number of hydrogen-bond donors (Lipinski definition) is 0. The molecule has 0 amide bonds. The Kier molecular flexibility index (Phi) is 6.64. The molecule has 8 aromatic carbocycles. The minimum absolute atomic E-state index is 0.0965. The maximum atomic E-state index is 2.59. The van der Waals surface area contributed by atoms with E-state index in [-0.39, 0.29) is 5.41 Å². The van der Waals surface area contributed by atoms with Crippen molar-refractivity contribution in [3.8, 4) is 11.1 Å². The Morgan fingerprint density at radius 1 is 0.510 bits per heavy atom. The normalized spacial score (nSPS) is 16.3. The Hall–Kier alpha value is -5.92. The maximum absolute atomic E-state index is 2.59. The summed E-state index contributed by atoms with van der Waals surface area (Å²) in [5.41, 5.74) is 11.7. The summed E-state index contributed by atoms with van der Waals surface area (Å²) in [5, 5.41) is 10.3. The van der Waals surface area contributed by atoms with Gasteiger partial charge in [0.2, 0.25) is 0 Å². The van der Waals surface area contributed by atoms with Gasteiger partial charge in [0.15, 0.2) is 0 Å². The fraction of sp³-hybridized carbons (Fsp3) is 0.120. The lowest BCUT2D eigenvalue weighted by molar-refractivity contribution is 0.658. The largest absolute Gasteiger partial charge is 0.313 e. The van der Waals surface area contributed by atoms with Gasteiger partial charge in [-0.05, 0) is 108 Å². The molecule has 0 saturated carbocycles. The predicted octanol–water partition coefficient (Wildman–Crippen LogP) is 13.8. The molecule has 1 unspecified atom stereocenters. The summed E-state index contributed by atoms with van der Waals surface area (Å²) in [6.07, 6.45) is 5.91. The first-order valence-electron chi connectivity index (χ1n) is 18.2. The minimum atomic E-state index is -0.0965. The molecule has 1 heteroatoms. The molecule has 0 aliphatic heterocycles. The van der Waals surface area contributed by atoms with Gasteiger partial charge in [-0.15, -0.1) is 0 Å². The van der Waals surface area contributed by atoms with Crippen molar-refractivity contribution in [2.24, 2.45) is 5.92 Å². The molecule has 0 radical (unpaired) electrons. The lowest BCUT2D eigenvalue weighted by Crippen LogP contribution is -2.24. The van der Waals surface area contributed by atoms with Crippen molar-refractivity contribution in [3.63, 3.8) is 0 Å². The summed E-state index contributed by atoms with van der Waals surface area (Å²) < 4.78 is 0. The van der Waals surface area contributed by atoms with E-state index < -0.39 is 0 Å². The number of allylic oxidation sites excluding steroid dienone is 4. The van der Waals surface area contributed by atoms with E-state index >= 15 is 0 Å². The van der Waals surface area contributed by atoms with Gasteiger partial charge in [-0.25, -0.2) is 0 Å². The monoisotopic (exact) mass is 653 g/mol. The van der Waals surface area contributed by atoms with Crippen molar-refractivity contribution in [2.45, 2.75) is 32.6 Å². The van der Waals surface area contributed by atoms with Crippen LogP contribution in [-0.4, -0.2) is 0 Å². The van der Waals surface area contributed by atoms with Gasteiger partial charge in [-0.1, -0.05) is 154 Å². The Labute approximate surface area is 299 Å². The quantitative estimate of drug-likeness (QED) is 0.171. The van der Waals surface area contributed by atoms with E-state index in [9.17, 15) is 0 Å². The van der Waals surface area contributed by atoms with Crippen LogP contribution in [-0.2, 0) is 5.41 Å². The molecule has 51 heavy (non-hydrogen) atoms. The summed E-state index contributed by atoms with van der Waals surface area (Å²) in [7, 11) is 0. The summed E-state index contributed by atoms with van der Waals surface area (Å²) in [4.78, 5) is 2.59. The molecule has 0 N–H and O–H groups in total. The maximum Gasteiger partial charge on any atom is 0.0543 e. The van der Waals surface area contributed by atoms with Crippen molar-refractivity contribution in [1.29, 1.82) is 0 Å². The standard InChI is InChI=1S/C50H39N/c1-32-24-25-35(45-28-33-14-4-6-16-37(33)39-18-8-9-20-41(39)45)29-48(32)51(49-30-34-15-5-7-17-38(34)40-19-10-11-22-44(40)49)36-26-27-43-42-21-12-13-23-46(42)50(2,3)47(43)31-36/h4-23,25-32H,24H2,1-3H3. The Morgan fingerprint density at radius 3 is 1.82 bits per heavy atom. The predicted molar refractivity (Wildman–Crippen MR) is 219 cm³/mol. The topological polar surface area (TPSA) is 3.24 Å². The van der Waals surface area contributed by atoms with Crippen LogP contribution in [0.4, 0.5) is 11.4 Å². The van der Waals surface area contributed by atoms with Crippen molar-refractivity contribution < 1.29 is 0 Å². The summed E-state index contributed by atoms with van der Waals surface area (Å²) in [6, 6.07) is 56.5. The fourth-order valence-electron chi connectivity index (χ4n) is 9.03. The smallest absolute Gasteiger partial charge is 0.0543 e. The highest BCUT2D eigenvalue weighted by molar-refractivity contribution is 6.15. The van der Waals surface area contributed by atoms with Gasteiger partial charge in [0.05, 0.1) is 5.69 Å². The molecule has 2 aliphatic rings. The van der Waals surface area contributed by atoms with Crippen LogP contribution in [0.15, 0.2) is 170 Å². The molecule has 1 atom stereocenters. The van der Waals surface area contributed by atoms with Crippen LogP contribution in [0.3, 0.4) is 0 Å². The van der Waals surface area contributed by atoms with Crippen LogP contribution >= 0.6 is 0 Å². The zero-order chi connectivity index (χ0) is 34.3. The number of fused-ring (bicyclic) bond motifs is 9. The van der Waals surface area contributed by atoms with E-state index in [0.717, 1.165) is 6.42 Å². The molecule has 2 aliphatic carbocycles. The minimum Gasteiger partial charge on any atom is -0.313 e. The second-order valence-electron chi connectivity index (χ2n) is 15.0. The molecule has 0 fully saturated rings. The highest BCUT2D eigenvalue weighted by atomic mass is 15.2. The van der Waals surface area contributed by atoms with Crippen LogP contribution in [0.25, 0.3) is 59.8 Å². The van der Waals surface area contributed by atoms with Gasteiger partial charge in [-0.3, -0.25) is 0 Å². The van der Waals surface area contributed by atoms with Gasteiger partial charge < -0.3 is 4.90 Å². The van der Waals surface area contributed by atoms with Crippen molar-refractivity contribution in [3.05, 3.63) is 186 Å². The van der Waals surface area contributed by atoms with E-state index in [2.05, 4.69) is 189 Å². The SMILES string of the molecule is CC1CC=C(c2cc3ccccc3c3ccccc23)C=C1N(c1ccc2c(c1)C(C)(C)c1ccccc1-2)c1cc2ccccc2c2ccccc12. The first kappa shape index (κ1) is 29.9. The van der Waals surface area contributed by atoms with Crippen molar-refractivity contribution >= 4 is 60.0 Å². The molecule has 0 bridgehead atoms. The molecule has 0 saturated heterocycles. The lowest BCUT2D eigenvalue weighted by atomic mass is 9.82. The zero-order valence-electron chi connectivity index (χ0n) is 29.3. The first-order chi connectivity index (χ1) is 25.0. The molecule has 244 valence electrons. The highest BCUT2D eigenvalue weighted by Crippen LogP contribution is 2.51. The molecular formula is C50H39N. The summed E-state index contributed by atoms with van der Waals surface area (Å²) in [5.74, 6) is 0.309. The lowest BCUT2D eigenvalue weighted by Gasteiger charge is -2.35. The van der Waals surface area contributed by atoms with Gasteiger partial charge in [-0.2, -0.15) is 0 Å². The van der Waals surface area contributed by atoms with Crippen LogP contribution in [0.2, 0.25) is 0 Å². The van der Waals surface area contributed by atoms with Crippen LogP contribution in [0.5, 0.6) is 0 Å². The molecule has 0 aromatic heterocycles. The summed E-state index contributed by atoms with van der Waals surface area (Å²) in [6.45, 7) is 7.15. The van der Waals surface area contributed by atoms with E-state index in [4.69, 9.17) is 0 Å². The average Bonchev–Trinajstić information content (AvgIpc) is 3.41. The Bertz CT molecular complexity index is 2780. The molecular weight excluding hydrogens is 615 g/mol. The Morgan fingerprint density at radius 2 is 1.08 bits per heavy atom. The van der Waals surface area contributed by atoms with Crippen molar-refractivity contribution in [1.82, 2.24) is 0 Å². The molecule has 0 heterocycles. The van der Waals surface area contributed by atoms with E-state index in [0.29, 0.717) is 5.92 Å². The third-order valence-electron chi connectivity index (χ3n) is 11.6. The van der Waals surface area contributed by atoms with E-state index in [1.165, 1.54) is 93.6 Å². The number of nitrogens with zero attached hydrogens (tertiary/aromatic N) is 1. The summed E-state index contributed by atoms with van der Waals surface area (Å²) >= 11 is 0. The van der Waals surface area contributed by atoms with Gasteiger partial charge in [0.25, 0.3) is 0 Å². The second-order valence-corrected chi connectivity index (χ2v) is 15.0. The number of rotatable bonds is 4. The van der Waals surface area contributed by atoms with E-state index in [1.54, 1.807) is 0 Å². The molecule has 10 rings (SSSR count). The van der Waals surface area contributed by atoms with E-state index in [1.807, 2.05) is 0 Å². The highest BCUT2D eigenvalue weighted by Gasteiger charge is 2.36. The number of hydrogen-bond acceptors (Lipinski definition) is 1. The second kappa shape index (κ2) is 11.3. The van der Waals surface area contributed by atoms with Gasteiger partial charge in [0, 0.05) is 28.1 Å². The third kappa shape index (κ3) is 4.54.